The Hall–Kier alpha value is -0.710. The summed E-state index contributed by atoms with van der Waals surface area (Å²) in [6.45, 7) is 8.33. The van der Waals surface area contributed by atoms with Crippen molar-refractivity contribution < 1.29 is 4.79 Å². The van der Waals surface area contributed by atoms with E-state index in [0.29, 0.717) is 17.1 Å². The van der Waals surface area contributed by atoms with Crippen LogP contribution in [0.15, 0.2) is 29.2 Å². The Balaban J connectivity index is 0.00000161. The molecule has 0 spiro atoms. The van der Waals surface area contributed by atoms with E-state index in [1.165, 1.54) is 4.90 Å². The topological polar surface area (TPSA) is 32.3 Å². The van der Waals surface area contributed by atoms with Crippen LogP contribution in [-0.4, -0.2) is 42.2 Å². The molecule has 5 heteroatoms. The fourth-order valence-electron chi connectivity index (χ4n) is 3.15. The summed E-state index contributed by atoms with van der Waals surface area (Å²) in [4.78, 5) is 15.8. The lowest BCUT2D eigenvalue weighted by Crippen LogP contribution is -2.31. The maximum Gasteiger partial charge on any atom is 0.253 e. The number of likely N-dealkylation sites (tertiary alicyclic amines) is 1. The molecule has 0 saturated carbocycles. The smallest absolute Gasteiger partial charge is 0.253 e. The molecular formula is C16H23ClN2OS. The van der Waals surface area contributed by atoms with Gasteiger partial charge in [-0.15, -0.1) is 24.2 Å². The minimum atomic E-state index is 0. The van der Waals surface area contributed by atoms with Crippen molar-refractivity contribution in [1.82, 2.24) is 10.2 Å². The van der Waals surface area contributed by atoms with E-state index in [9.17, 15) is 4.79 Å². The highest BCUT2D eigenvalue weighted by molar-refractivity contribution is 7.99. The molecule has 1 N–H and O–H groups in total. The largest absolute Gasteiger partial charge is 0.338 e. The normalized spacial score (nSPS) is 24.0. The van der Waals surface area contributed by atoms with Gasteiger partial charge in [0.15, 0.2) is 0 Å². The van der Waals surface area contributed by atoms with Gasteiger partial charge in [-0.25, -0.2) is 0 Å². The summed E-state index contributed by atoms with van der Waals surface area (Å²) in [5, 5.41) is 3.98. The molecule has 1 aromatic carbocycles. The van der Waals surface area contributed by atoms with Gasteiger partial charge in [0.05, 0.1) is 0 Å². The molecule has 2 aliphatic heterocycles. The Morgan fingerprint density at radius 3 is 2.29 bits per heavy atom. The molecule has 0 radical (unpaired) electrons. The van der Waals surface area contributed by atoms with E-state index in [-0.39, 0.29) is 18.3 Å². The Kier molecular flexibility index (Phi) is 5.58. The van der Waals surface area contributed by atoms with Crippen molar-refractivity contribution in [2.24, 2.45) is 11.8 Å². The minimum absolute atomic E-state index is 0. The van der Waals surface area contributed by atoms with Crippen LogP contribution in [0.2, 0.25) is 0 Å². The number of hydrogen-bond donors (Lipinski definition) is 1. The number of hydrogen-bond acceptors (Lipinski definition) is 3. The number of thioether (sulfide) groups is 1. The molecule has 0 bridgehead atoms. The molecule has 0 unspecified atom stereocenters. The van der Waals surface area contributed by atoms with Crippen molar-refractivity contribution in [3.05, 3.63) is 29.8 Å². The van der Waals surface area contributed by atoms with Gasteiger partial charge in [0.1, 0.15) is 0 Å². The van der Waals surface area contributed by atoms with Crippen LogP contribution in [0.4, 0.5) is 0 Å². The number of fused-ring (bicyclic) bond motifs is 1. The van der Waals surface area contributed by atoms with E-state index in [1.807, 2.05) is 28.8 Å². The zero-order chi connectivity index (χ0) is 14.1. The van der Waals surface area contributed by atoms with Gasteiger partial charge in [-0.3, -0.25) is 4.79 Å². The van der Waals surface area contributed by atoms with Crippen molar-refractivity contribution in [1.29, 1.82) is 0 Å². The molecule has 116 valence electrons. The first-order valence-corrected chi connectivity index (χ1v) is 8.28. The van der Waals surface area contributed by atoms with Crippen molar-refractivity contribution in [3.8, 4) is 0 Å². The molecule has 2 atom stereocenters. The summed E-state index contributed by atoms with van der Waals surface area (Å²) in [6, 6.07) is 8.07. The van der Waals surface area contributed by atoms with Crippen molar-refractivity contribution in [2.45, 2.75) is 24.0 Å². The highest BCUT2D eigenvalue weighted by atomic mass is 35.5. The lowest BCUT2D eigenvalue weighted by molar-refractivity contribution is 0.0781. The third-order valence-corrected chi connectivity index (χ3v) is 5.17. The van der Waals surface area contributed by atoms with Gasteiger partial charge in [-0.05, 0) is 36.1 Å². The highest BCUT2D eigenvalue weighted by Gasteiger charge is 2.38. The van der Waals surface area contributed by atoms with Gasteiger partial charge in [-0.1, -0.05) is 13.8 Å². The third kappa shape index (κ3) is 3.74. The number of halogens is 1. The molecular weight excluding hydrogens is 304 g/mol. The number of amides is 1. The molecule has 21 heavy (non-hydrogen) atoms. The summed E-state index contributed by atoms with van der Waals surface area (Å²) in [5.74, 6) is 1.52. The molecule has 1 aromatic rings. The van der Waals surface area contributed by atoms with Gasteiger partial charge in [-0.2, -0.15) is 0 Å². The first-order chi connectivity index (χ1) is 9.63. The van der Waals surface area contributed by atoms with E-state index < -0.39 is 0 Å². The van der Waals surface area contributed by atoms with Crippen LogP contribution >= 0.6 is 24.2 Å². The number of benzene rings is 1. The summed E-state index contributed by atoms with van der Waals surface area (Å²) in [5.41, 5.74) is 0.825. The van der Waals surface area contributed by atoms with E-state index in [1.54, 1.807) is 0 Å². The molecule has 2 aliphatic rings. The number of nitrogens with zero attached hydrogens (tertiary/aromatic N) is 1. The zero-order valence-corrected chi connectivity index (χ0v) is 14.2. The molecule has 0 aromatic heterocycles. The van der Waals surface area contributed by atoms with Crippen molar-refractivity contribution >= 4 is 30.1 Å². The maximum absolute atomic E-state index is 12.5. The standard InChI is InChI=1S/C16H22N2OS.ClH/c1-11(2)20-15-5-3-12(4-6-15)16(19)18-9-13-7-17-8-14(13)10-18;/h3-6,11,13-14,17H,7-10H2,1-2H3;1H/t13-,14+;. The summed E-state index contributed by atoms with van der Waals surface area (Å²) in [6.07, 6.45) is 0. The van der Waals surface area contributed by atoms with Crippen molar-refractivity contribution in [3.63, 3.8) is 0 Å². The van der Waals surface area contributed by atoms with E-state index >= 15 is 0 Å². The lowest BCUT2D eigenvalue weighted by Gasteiger charge is -2.17. The van der Waals surface area contributed by atoms with Gasteiger partial charge < -0.3 is 10.2 Å². The fourth-order valence-corrected chi connectivity index (χ4v) is 3.99. The Bertz CT molecular complexity index is 480. The maximum atomic E-state index is 12.5. The van der Waals surface area contributed by atoms with Crippen LogP contribution in [0.25, 0.3) is 0 Å². The molecule has 2 heterocycles. The molecule has 3 nitrogen and oxygen atoms in total. The first-order valence-electron chi connectivity index (χ1n) is 7.40. The third-order valence-electron chi connectivity index (χ3n) is 4.15. The predicted molar refractivity (Wildman–Crippen MR) is 90.4 cm³/mol. The van der Waals surface area contributed by atoms with Gasteiger partial charge in [0.25, 0.3) is 5.91 Å². The van der Waals surface area contributed by atoms with E-state index in [0.717, 1.165) is 31.7 Å². The first kappa shape index (κ1) is 16.7. The molecule has 0 aliphatic carbocycles. The summed E-state index contributed by atoms with van der Waals surface area (Å²) < 4.78 is 0. The molecule has 1 amide bonds. The fraction of sp³-hybridized carbons (Fsp3) is 0.562. The quantitative estimate of drug-likeness (QED) is 0.867. The second-order valence-electron chi connectivity index (χ2n) is 6.08. The Morgan fingerprint density at radius 1 is 1.19 bits per heavy atom. The number of nitrogens with one attached hydrogen (secondary N) is 1. The second-order valence-corrected chi connectivity index (χ2v) is 7.73. The molecule has 3 rings (SSSR count). The Labute approximate surface area is 137 Å². The average Bonchev–Trinajstić information content (AvgIpc) is 2.98. The predicted octanol–water partition coefficient (Wildman–Crippen LogP) is 2.90. The van der Waals surface area contributed by atoms with E-state index in [2.05, 4.69) is 31.3 Å². The van der Waals surface area contributed by atoms with Crippen LogP contribution in [0.1, 0.15) is 24.2 Å². The monoisotopic (exact) mass is 326 g/mol. The SMILES string of the molecule is CC(C)Sc1ccc(C(=O)N2C[C@H]3CNC[C@H]3C2)cc1.Cl. The number of carbonyl (C=O) groups is 1. The highest BCUT2D eigenvalue weighted by Crippen LogP contribution is 2.28. The van der Waals surface area contributed by atoms with Crippen LogP contribution in [0, 0.1) is 11.8 Å². The number of carbonyl (C=O) groups excluding carboxylic acids is 1. The average molecular weight is 327 g/mol. The second kappa shape index (κ2) is 7.03. The summed E-state index contributed by atoms with van der Waals surface area (Å²) in [7, 11) is 0. The van der Waals surface area contributed by atoms with Crippen molar-refractivity contribution in [2.75, 3.05) is 26.2 Å². The van der Waals surface area contributed by atoms with E-state index in [4.69, 9.17) is 0 Å². The summed E-state index contributed by atoms with van der Waals surface area (Å²) >= 11 is 1.83. The van der Waals surface area contributed by atoms with Crippen LogP contribution in [0.5, 0.6) is 0 Å². The molecule has 2 fully saturated rings. The van der Waals surface area contributed by atoms with Gasteiger partial charge >= 0.3 is 0 Å². The lowest BCUT2D eigenvalue weighted by atomic mass is 10.0. The number of rotatable bonds is 3. The zero-order valence-electron chi connectivity index (χ0n) is 12.5. The van der Waals surface area contributed by atoms with Gasteiger partial charge in [0.2, 0.25) is 0 Å². The Morgan fingerprint density at radius 2 is 1.76 bits per heavy atom. The van der Waals surface area contributed by atoms with Crippen LogP contribution in [0.3, 0.4) is 0 Å². The van der Waals surface area contributed by atoms with Crippen LogP contribution < -0.4 is 5.32 Å². The van der Waals surface area contributed by atoms with Gasteiger partial charge in [0, 0.05) is 41.9 Å². The molecule has 2 saturated heterocycles. The van der Waals surface area contributed by atoms with Crippen LogP contribution in [-0.2, 0) is 0 Å². The minimum Gasteiger partial charge on any atom is -0.338 e.